The zero-order valence-corrected chi connectivity index (χ0v) is 21.4. The Morgan fingerprint density at radius 2 is 1.86 bits per heavy atom. The number of aromatic nitrogens is 1. The number of anilines is 1. The number of aryl methyl sites for hydroxylation is 1. The number of sulfonamides is 1. The smallest absolute Gasteiger partial charge is 0.277 e. The number of hydrogen-bond donors (Lipinski definition) is 3. The van der Waals surface area contributed by atoms with Crippen LogP contribution in [0.4, 0.5) is 5.69 Å². The van der Waals surface area contributed by atoms with Crippen molar-refractivity contribution in [3.8, 4) is 0 Å². The fourth-order valence-corrected chi connectivity index (χ4v) is 5.40. The van der Waals surface area contributed by atoms with Gasteiger partial charge < -0.3 is 15.5 Å². The molecule has 11 nitrogen and oxygen atoms in total. The van der Waals surface area contributed by atoms with Crippen LogP contribution in [0.5, 0.6) is 0 Å². The number of benzene rings is 1. The Hall–Kier alpha value is -3.64. The first-order valence-electron chi connectivity index (χ1n) is 11.5. The highest BCUT2D eigenvalue weighted by atomic mass is 32.2. The topological polar surface area (TPSA) is 133 Å². The van der Waals surface area contributed by atoms with Gasteiger partial charge in [0.25, 0.3) is 5.56 Å². The molecule has 2 amide bonds. The van der Waals surface area contributed by atoms with E-state index in [1.165, 1.54) is 10.6 Å². The third-order valence-electron chi connectivity index (χ3n) is 5.99. The molecule has 0 radical (unpaired) electrons. The molecule has 0 bridgehead atoms. The first kappa shape index (κ1) is 27.0. The van der Waals surface area contributed by atoms with Crippen LogP contribution in [0.2, 0.25) is 0 Å². The van der Waals surface area contributed by atoms with Crippen molar-refractivity contribution in [1.29, 1.82) is 0 Å². The second-order valence-corrected chi connectivity index (χ2v) is 10.2. The van der Waals surface area contributed by atoms with E-state index < -0.39 is 21.9 Å². The molecule has 1 aliphatic heterocycles. The van der Waals surface area contributed by atoms with E-state index in [-0.39, 0.29) is 36.6 Å². The molecule has 0 saturated carbocycles. The molecule has 194 valence electrons. The van der Waals surface area contributed by atoms with Gasteiger partial charge in [-0.3, -0.25) is 23.7 Å². The number of likely N-dealkylation sites (N-methyl/N-ethyl adjacent to an activating group) is 1. The van der Waals surface area contributed by atoms with Gasteiger partial charge in [-0.2, -0.15) is 0 Å². The molecule has 2 heterocycles. The van der Waals surface area contributed by atoms with Crippen molar-refractivity contribution in [3.63, 3.8) is 0 Å². The predicted octanol–water partition coefficient (Wildman–Crippen LogP) is 0.914. The number of hydrogen-bond acceptors (Lipinski definition) is 7. The molecule has 2 atom stereocenters. The van der Waals surface area contributed by atoms with Crippen LogP contribution in [-0.4, -0.2) is 60.9 Å². The van der Waals surface area contributed by atoms with E-state index >= 15 is 0 Å². The molecular weight excluding hydrogens is 484 g/mol. The quantitative estimate of drug-likeness (QED) is 0.378. The van der Waals surface area contributed by atoms with Crippen molar-refractivity contribution < 1.29 is 18.0 Å². The average molecular weight is 517 g/mol. The Bertz CT molecular complexity index is 1280. The molecule has 1 aromatic carbocycles. The molecule has 0 aliphatic carbocycles. The Labute approximate surface area is 210 Å². The summed E-state index contributed by atoms with van der Waals surface area (Å²) in [6.45, 7) is 9.93. The SMILES string of the molecule is C=C1C(C)N(CNC=O)C(n2c(C)ccc(NS(=O)(=O)Cc3ccccc3)c2=O)N1CC(=O)NCC. The van der Waals surface area contributed by atoms with Crippen LogP contribution < -0.4 is 20.9 Å². The second-order valence-electron chi connectivity index (χ2n) is 8.50. The fourth-order valence-electron chi connectivity index (χ4n) is 4.21. The monoisotopic (exact) mass is 516 g/mol. The normalized spacial score (nSPS) is 18.2. The number of carbonyl (C=O) groups is 2. The highest BCUT2D eigenvalue weighted by Crippen LogP contribution is 2.35. The molecule has 1 fully saturated rings. The number of nitrogens with one attached hydrogen (secondary N) is 3. The molecule has 3 N–H and O–H groups in total. The molecule has 3 rings (SSSR count). The van der Waals surface area contributed by atoms with Crippen LogP contribution in [0.15, 0.2) is 59.5 Å². The van der Waals surface area contributed by atoms with E-state index in [2.05, 4.69) is 21.9 Å². The Morgan fingerprint density at radius 3 is 2.50 bits per heavy atom. The van der Waals surface area contributed by atoms with E-state index in [9.17, 15) is 22.8 Å². The maximum absolute atomic E-state index is 13.7. The van der Waals surface area contributed by atoms with E-state index in [4.69, 9.17) is 0 Å². The van der Waals surface area contributed by atoms with Crippen molar-refractivity contribution in [2.45, 2.75) is 38.9 Å². The maximum Gasteiger partial charge on any atom is 0.277 e. The zero-order chi connectivity index (χ0) is 26.5. The average Bonchev–Trinajstić information content (AvgIpc) is 3.04. The summed E-state index contributed by atoms with van der Waals surface area (Å²) in [7, 11) is -3.88. The summed E-state index contributed by atoms with van der Waals surface area (Å²) < 4.78 is 29.5. The summed E-state index contributed by atoms with van der Waals surface area (Å²) in [6.07, 6.45) is -0.281. The molecule has 36 heavy (non-hydrogen) atoms. The van der Waals surface area contributed by atoms with Crippen molar-refractivity contribution >= 4 is 28.0 Å². The highest BCUT2D eigenvalue weighted by molar-refractivity contribution is 7.91. The van der Waals surface area contributed by atoms with Crippen LogP contribution in [0.1, 0.15) is 31.4 Å². The Morgan fingerprint density at radius 1 is 1.17 bits per heavy atom. The van der Waals surface area contributed by atoms with Crippen LogP contribution in [0.3, 0.4) is 0 Å². The summed E-state index contributed by atoms with van der Waals surface area (Å²) in [5.74, 6) is -0.552. The number of amides is 2. The number of pyridine rings is 1. The minimum atomic E-state index is -3.88. The van der Waals surface area contributed by atoms with Gasteiger partial charge >= 0.3 is 0 Å². The minimum absolute atomic E-state index is 0.0743. The van der Waals surface area contributed by atoms with Crippen LogP contribution in [0, 0.1) is 6.92 Å². The molecule has 2 aromatic rings. The summed E-state index contributed by atoms with van der Waals surface area (Å²) in [6, 6.07) is 11.4. The van der Waals surface area contributed by atoms with Gasteiger partial charge in [0, 0.05) is 17.9 Å². The number of rotatable bonds is 11. The lowest BCUT2D eigenvalue weighted by molar-refractivity contribution is -0.123. The van der Waals surface area contributed by atoms with Crippen LogP contribution in [-0.2, 0) is 25.4 Å². The molecule has 1 aliphatic rings. The van der Waals surface area contributed by atoms with Gasteiger partial charge in [0.15, 0.2) is 6.29 Å². The minimum Gasteiger partial charge on any atom is -0.355 e. The third kappa shape index (κ3) is 5.94. The van der Waals surface area contributed by atoms with Gasteiger partial charge in [-0.15, -0.1) is 0 Å². The zero-order valence-electron chi connectivity index (χ0n) is 20.6. The molecule has 12 heteroatoms. The van der Waals surface area contributed by atoms with Gasteiger partial charge in [0.05, 0.1) is 25.0 Å². The Balaban J connectivity index is 2.03. The maximum atomic E-state index is 13.7. The molecule has 1 aromatic heterocycles. The summed E-state index contributed by atoms with van der Waals surface area (Å²) in [5.41, 5.74) is 0.992. The van der Waals surface area contributed by atoms with Crippen LogP contribution in [0.25, 0.3) is 0 Å². The van der Waals surface area contributed by atoms with Gasteiger partial charge in [0.1, 0.15) is 5.69 Å². The second kappa shape index (κ2) is 11.4. The largest absolute Gasteiger partial charge is 0.355 e. The number of nitrogens with zero attached hydrogens (tertiary/aromatic N) is 3. The fraction of sp³-hybridized carbons (Fsp3) is 0.375. The molecule has 2 unspecified atom stereocenters. The Kier molecular flexibility index (Phi) is 8.53. The lowest BCUT2D eigenvalue weighted by atomic mass is 10.2. The van der Waals surface area contributed by atoms with Crippen molar-refractivity contribution in [2.75, 3.05) is 24.5 Å². The van der Waals surface area contributed by atoms with Crippen molar-refractivity contribution in [3.05, 3.63) is 76.4 Å². The first-order valence-corrected chi connectivity index (χ1v) is 13.2. The van der Waals surface area contributed by atoms with Gasteiger partial charge in [0.2, 0.25) is 22.3 Å². The lowest BCUT2D eigenvalue weighted by Crippen LogP contribution is -2.48. The summed E-state index contributed by atoms with van der Waals surface area (Å²) >= 11 is 0. The molecular formula is C24H32N6O5S. The third-order valence-corrected chi connectivity index (χ3v) is 7.23. The lowest BCUT2D eigenvalue weighted by Gasteiger charge is -2.34. The summed E-state index contributed by atoms with van der Waals surface area (Å²) in [5, 5.41) is 5.35. The van der Waals surface area contributed by atoms with Gasteiger partial charge in [-0.05, 0) is 38.5 Å². The van der Waals surface area contributed by atoms with Crippen molar-refractivity contribution in [1.82, 2.24) is 25.0 Å². The molecule has 1 saturated heterocycles. The number of carbonyl (C=O) groups excluding carboxylic acids is 2. The van der Waals surface area contributed by atoms with Crippen LogP contribution >= 0.6 is 0 Å². The van der Waals surface area contributed by atoms with E-state index in [1.54, 1.807) is 60.0 Å². The van der Waals surface area contributed by atoms with E-state index in [0.717, 1.165) is 0 Å². The van der Waals surface area contributed by atoms with Gasteiger partial charge in [-0.25, -0.2) is 13.3 Å². The van der Waals surface area contributed by atoms with Gasteiger partial charge in [-0.1, -0.05) is 36.9 Å². The standard InChI is InChI=1S/C24H32N6O5S/c1-5-26-22(32)13-28-18(3)19(4)29(15-25-16-31)24(28)30-17(2)11-12-21(23(30)33)27-36(34,35)14-20-9-7-6-8-10-20/h6-12,16,19,24,27H,3,5,13-15H2,1-2,4H3,(H,25,31)(H,26,32). The van der Waals surface area contributed by atoms with E-state index in [0.29, 0.717) is 29.9 Å². The predicted molar refractivity (Wildman–Crippen MR) is 137 cm³/mol. The van der Waals surface area contributed by atoms with Crippen molar-refractivity contribution in [2.24, 2.45) is 0 Å². The highest BCUT2D eigenvalue weighted by Gasteiger charge is 2.42. The van der Waals surface area contributed by atoms with E-state index in [1.807, 2.05) is 6.92 Å². The first-order chi connectivity index (χ1) is 17.1. The summed E-state index contributed by atoms with van der Waals surface area (Å²) in [4.78, 5) is 40.7. The molecule has 0 spiro atoms.